The fourth-order valence-electron chi connectivity index (χ4n) is 2.21. The minimum Gasteiger partial charge on any atom is -0.494 e. The van der Waals surface area contributed by atoms with Crippen LogP contribution in [0.25, 0.3) is 0 Å². The normalized spacial score (nSPS) is 13.8. The van der Waals surface area contributed by atoms with Crippen molar-refractivity contribution >= 4 is 5.78 Å². The van der Waals surface area contributed by atoms with E-state index < -0.39 is 0 Å². The first-order chi connectivity index (χ1) is 8.81. The monoisotopic (exact) mass is 243 g/mol. The van der Waals surface area contributed by atoms with Crippen LogP contribution in [0, 0.1) is 11.3 Å². The Morgan fingerprint density at radius 3 is 3.00 bits per heavy atom. The van der Waals surface area contributed by atoms with Gasteiger partial charge in [-0.1, -0.05) is 0 Å². The third-order valence-corrected chi connectivity index (χ3v) is 3.18. The molecule has 1 aromatic rings. The molecule has 1 aliphatic carbocycles. The number of aryl methyl sites for hydroxylation is 1. The fourth-order valence-corrected chi connectivity index (χ4v) is 2.21. The molecule has 0 aliphatic heterocycles. The summed E-state index contributed by atoms with van der Waals surface area (Å²) in [5.41, 5.74) is 1.97. The molecule has 3 nitrogen and oxygen atoms in total. The highest BCUT2D eigenvalue weighted by Gasteiger charge is 2.17. The van der Waals surface area contributed by atoms with Gasteiger partial charge in [0.25, 0.3) is 0 Å². The smallest absolute Gasteiger partial charge is 0.163 e. The quantitative estimate of drug-likeness (QED) is 0.746. The van der Waals surface area contributed by atoms with Crippen molar-refractivity contribution in [2.75, 3.05) is 6.61 Å². The first-order valence-corrected chi connectivity index (χ1v) is 6.47. The second kappa shape index (κ2) is 6.20. The molecule has 0 atom stereocenters. The molecule has 0 heterocycles. The summed E-state index contributed by atoms with van der Waals surface area (Å²) in [5.74, 6) is 1.08. The van der Waals surface area contributed by atoms with Gasteiger partial charge in [-0.15, -0.1) is 0 Å². The standard InChI is InChI=1S/C15H17NO2/c16-9-2-1-3-10-18-13-7-8-14-12(11-13)5-4-6-15(14)17/h7-8,11H,1-6,10H2. The summed E-state index contributed by atoms with van der Waals surface area (Å²) in [4.78, 5) is 11.7. The SMILES string of the molecule is N#CCCCCOc1ccc2c(c1)CCCC2=O. The molecule has 0 aromatic heterocycles. The van der Waals surface area contributed by atoms with Gasteiger partial charge in [0.05, 0.1) is 12.7 Å². The van der Waals surface area contributed by atoms with E-state index in [4.69, 9.17) is 10.00 Å². The average Bonchev–Trinajstić information content (AvgIpc) is 2.39. The molecule has 1 aromatic carbocycles. The van der Waals surface area contributed by atoms with Crippen LogP contribution in [0.3, 0.4) is 0 Å². The number of fused-ring (bicyclic) bond motifs is 1. The van der Waals surface area contributed by atoms with Gasteiger partial charge in [0.2, 0.25) is 0 Å². The predicted molar refractivity (Wildman–Crippen MR) is 68.7 cm³/mol. The van der Waals surface area contributed by atoms with E-state index in [0.717, 1.165) is 42.6 Å². The summed E-state index contributed by atoms with van der Waals surface area (Å²) >= 11 is 0. The number of hydrogen-bond acceptors (Lipinski definition) is 3. The van der Waals surface area contributed by atoms with E-state index in [1.165, 1.54) is 0 Å². The van der Waals surface area contributed by atoms with Gasteiger partial charge in [-0.05, 0) is 49.4 Å². The van der Waals surface area contributed by atoms with Crippen LogP contribution >= 0.6 is 0 Å². The largest absolute Gasteiger partial charge is 0.494 e. The van der Waals surface area contributed by atoms with Crippen molar-refractivity contribution in [2.24, 2.45) is 0 Å². The first kappa shape index (κ1) is 12.6. The van der Waals surface area contributed by atoms with Crippen molar-refractivity contribution in [3.8, 4) is 11.8 Å². The van der Waals surface area contributed by atoms with E-state index in [1.54, 1.807) is 0 Å². The van der Waals surface area contributed by atoms with Crippen LogP contribution in [-0.4, -0.2) is 12.4 Å². The van der Waals surface area contributed by atoms with Crippen LogP contribution in [0.2, 0.25) is 0 Å². The van der Waals surface area contributed by atoms with Crippen molar-refractivity contribution in [3.63, 3.8) is 0 Å². The van der Waals surface area contributed by atoms with Gasteiger partial charge in [0.15, 0.2) is 5.78 Å². The molecule has 94 valence electrons. The van der Waals surface area contributed by atoms with Gasteiger partial charge < -0.3 is 4.74 Å². The number of carbonyl (C=O) groups is 1. The molecule has 1 aliphatic rings. The molecule has 0 N–H and O–H groups in total. The number of ether oxygens (including phenoxy) is 1. The molecule has 3 heteroatoms. The van der Waals surface area contributed by atoms with Crippen molar-refractivity contribution in [1.82, 2.24) is 0 Å². The Labute approximate surface area is 107 Å². The van der Waals surface area contributed by atoms with E-state index in [0.29, 0.717) is 19.4 Å². The molecule has 0 radical (unpaired) electrons. The van der Waals surface area contributed by atoms with Gasteiger partial charge in [0.1, 0.15) is 5.75 Å². The zero-order valence-corrected chi connectivity index (χ0v) is 10.4. The lowest BCUT2D eigenvalue weighted by atomic mass is 9.90. The lowest BCUT2D eigenvalue weighted by Gasteiger charge is -2.15. The molecular weight excluding hydrogens is 226 g/mol. The van der Waals surface area contributed by atoms with Crippen LogP contribution in [0.5, 0.6) is 5.75 Å². The van der Waals surface area contributed by atoms with Crippen molar-refractivity contribution in [2.45, 2.75) is 38.5 Å². The summed E-state index contributed by atoms with van der Waals surface area (Å²) in [7, 11) is 0. The third-order valence-electron chi connectivity index (χ3n) is 3.18. The van der Waals surface area contributed by atoms with E-state index in [2.05, 4.69) is 6.07 Å². The Morgan fingerprint density at radius 2 is 2.17 bits per heavy atom. The number of benzene rings is 1. The van der Waals surface area contributed by atoms with Crippen LogP contribution in [0.15, 0.2) is 18.2 Å². The number of nitriles is 1. The van der Waals surface area contributed by atoms with Crippen LogP contribution < -0.4 is 4.74 Å². The second-order valence-electron chi connectivity index (χ2n) is 4.56. The van der Waals surface area contributed by atoms with Crippen LogP contribution in [0.1, 0.15) is 48.0 Å². The number of hydrogen-bond donors (Lipinski definition) is 0. The Balaban J connectivity index is 1.91. The average molecular weight is 243 g/mol. The Bertz CT molecular complexity index is 474. The topological polar surface area (TPSA) is 50.1 Å². The molecule has 0 saturated carbocycles. The van der Waals surface area contributed by atoms with Crippen LogP contribution in [-0.2, 0) is 6.42 Å². The van der Waals surface area contributed by atoms with Crippen molar-refractivity contribution in [1.29, 1.82) is 5.26 Å². The molecule has 0 spiro atoms. The minimum atomic E-state index is 0.247. The highest BCUT2D eigenvalue weighted by atomic mass is 16.5. The summed E-state index contributed by atoms with van der Waals surface area (Å²) in [5, 5.41) is 8.42. The third kappa shape index (κ3) is 3.10. The second-order valence-corrected chi connectivity index (χ2v) is 4.56. The maximum absolute atomic E-state index is 11.7. The zero-order chi connectivity index (χ0) is 12.8. The summed E-state index contributed by atoms with van der Waals surface area (Å²) in [6.45, 7) is 0.633. The molecule has 0 saturated heterocycles. The molecular formula is C15H17NO2. The number of rotatable bonds is 5. The van der Waals surface area contributed by atoms with Crippen LogP contribution in [0.4, 0.5) is 0 Å². The number of unbranched alkanes of at least 4 members (excludes halogenated alkanes) is 2. The molecule has 18 heavy (non-hydrogen) atoms. The minimum absolute atomic E-state index is 0.247. The number of carbonyl (C=O) groups excluding carboxylic acids is 1. The van der Waals surface area contributed by atoms with E-state index in [1.807, 2.05) is 18.2 Å². The zero-order valence-electron chi connectivity index (χ0n) is 10.4. The van der Waals surface area contributed by atoms with Crippen molar-refractivity contribution < 1.29 is 9.53 Å². The van der Waals surface area contributed by atoms with Gasteiger partial charge in [-0.3, -0.25) is 4.79 Å². The maximum Gasteiger partial charge on any atom is 0.163 e. The molecule has 0 amide bonds. The summed E-state index contributed by atoms with van der Waals surface area (Å²) < 4.78 is 5.63. The highest BCUT2D eigenvalue weighted by molar-refractivity contribution is 5.98. The molecule has 0 bridgehead atoms. The van der Waals surface area contributed by atoms with Gasteiger partial charge in [-0.2, -0.15) is 5.26 Å². The molecule has 0 fully saturated rings. The number of nitrogens with zero attached hydrogens (tertiary/aromatic N) is 1. The fraction of sp³-hybridized carbons (Fsp3) is 0.467. The lowest BCUT2D eigenvalue weighted by molar-refractivity contribution is 0.0972. The van der Waals surface area contributed by atoms with Gasteiger partial charge in [-0.25, -0.2) is 0 Å². The summed E-state index contributed by atoms with van der Waals surface area (Å²) in [6.07, 6.45) is 4.93. The molecule has 0 unspecified atom stereocenters. The summed E-state index contributed by atoms with van der Waals surface area (Å²) in [6, 6.07) is 7.85. The lowest BCUT2D eigenvalue weighted by Crippen LogP contribution is -2.10. The Hall–Kier alpha value is -1.82. The predicted octanol–water partition coefficient (Wildman–Crippen LogP) is 3.28. The Kier molecular flexibility index (Phi) is 4.35. The van der Waals surface area contributed by atoms with Gasteiger partial charge in [0, 0.05) is 18.4 Å². The number of Topliss-reactive ketones (excluding diaryl/α,β-unsaturated/α-hetero) is 1. The van der Waals surface area contributed by atoms with E-state index >= 15 is 0 Å². The van der Waals surface area contributed by atoms with E-state index in [9.17, 15) is 4.79 Å². The highest BCUT2D eigenvalue weighted by Crippen LogP contribution is 2.25. The maximum atomic E-state index is 11.7. The number of ketones is 1. The van der Waals surface area contributed by atoms with E-state index in [-0.39, 0.29) is 5.78 Å². The first-order valence-electron chi connectivity index (χ1n) is 6.47. The molecule has 2 rings (SSSR count). The van der Waals surface area contributed by atoms with Gasteiger partial charge >= 0.3 is 0 Å². The Morgan fingerprint density at radius 1 is 1.28 bits per heavy atom. The van der Waals surface area contributed by atoms with Crippen molar-refractivity contribution in [3.05, 3.63) is 29.3 Å².